The number of rotatable bonds is 5. The monoisotopic (exact) mass is 238 g/mol. The van der Waals surface area contributed by atoms with Crippen molar-refractivity contribution in [1.29, 1.82) is 0 Å². The number of hydrogen-bond donors (Lipinski definition) is 1. The molecule has 0 spiro atoms. The summed E-state index contributed by atoms with van der Waals surface area (Å²) >= 11 is 0. The summed E-state index contributed by atoms with van der Waals surface area (Å²) in [5, 5.41) is 8.68. The fraction of sp³-hybridized carbons (Fsp3) is 0.417. The summed E-state index contributed by atoms with van der Waals surface area (Å²) in [7, 11) is -0.993. The number of carbonyl (C=O) groups is 1. The van der Waals surface area contributed by atoms with E-state index in [1.54, 1.807) is 0 Å². The lowest BCUT2D eigenvalue weighted by atomic mass is 10.1. The van der Waals surface area contributed by atoms with Crippen LogP contribution in [-0.4, -0.2) is 26.3 Å². The molecule has 1 aromatic carbocycles. The maximum atomic E-state index is 11.7. The molecule has 1 aliphatic rings. The van der Waals surface area contributed by atoms with Gasteiger partial charge in [-0.2, -0.15) is 0 Å². The predicted molar refractivity (Wildman–Crippen MR) is 62.9 cm³/mol. The van der Waals surface area contributed by atoms with Crippen molar-refractivity contribution in [1.82, 2.24) is 0 Å². The van der Waals surface area contributed by atoms with Gasteiger partial charge in [0.2, 0.25) is 0 Å². The lowest BCUT2D eigenvalue weighted by Gasteiger charge is -2.00. The minimum atomic E-state index is -0.993. The number of carboxylic acids is 1. The molecule has 1 aliphatic carbocycles. The molecule has 0 aromatic heterocycles. The SMILES string of the molecule is O=C(O)CCS(=O)C1CC1c1ccccc1. The molecule has 0 aliphatic heterocycles. The summed E-state index contributed by atoms with van der Waals surface area (Å²) in [6, 6.07) is 10.00. The first-order valence-electron chi connectivity index (χ1n) is 5.32. The Hall–Kier alpha value is -1.16. The van der Waals surface area contributed by atoms with E-state index < -0.39 is 16.8 Å². The van der Waals surface area contributed by atoms with Crippen LogP contribution in [-0.2, 0) is 15.6 Å². The quantitative estimate of drug-likeness (QED) is 0.850. The predicted octanol–water partition coefficient (Wildman–Crippen LogP) is 1.77. The van der Waals surface area contributed by atoms with E-state index in [4.69, 9.17) is 5.11 Å². The molecule has 3 nitrogen and oxygen atoms in total. The molecule has 0 bridgehead atoms. The standard InChI is InChI=1S/C12H14O3S/c13-12(14)6-7-16(15)11-8-10(11)9-4-2-1-3-5-9/h1-5,10-11H,6-8H2,(H,13,14). The van der Waals surface area contributed by atoms with Gasteiger partial charge in [0.05, 0.1) is 6.42 Å². The number of carboxylic acid groups (broad SMARTS) is 1. The summed E-state index contributed by atoms with van der Waals surface area (Å²) < 4.78 is 11.7. The Bertz CT molecular complexity index is 402. The zero-order chi connectivity index (χ0) is 11.5. The molecule has 0 saturated heterocycles. The van der Waals surface area contributed by atoms with Crippen LogP contribution in [0.15, 0.2) is 30.3 Å². The molecule has 3 unspecified atom stereocenters. The van der Waals surface area contributed by atoms with E-state index in [1.807, 2.05) is 30.3 Å². The van der Waals surface area contributed by atoms with Crippen molar-refractivity contribution in [3.8, 4) is 0 Å². The van der Waals surface area contributed by atoms with Gasteiger partial charge in [-0.15, -0.1) is 0 Å². The summed E-state index contributed by atoms with van der Waals surface area (Å²) in [5.41, 5.74) is 1.22. The molecule has 4 heteroatoms. The molecule has 0 radical (unpaired) electrons. The zero-order valence-corrected chi connectivity index (χ0v) is 9.65. The summed E-state index contributed by atoms with van der Waals surface area (Å²) in [5.74, 6) is -0.218. The Kier molecular flexibility index (Phi) is 3.39. The molecular weight excluding hydrogens is 224 g/mol. The summed E-state index contributed by atoms with van der Waals surface area (Å²) in [6.07, 6.45) is 0.931. The van der Waals surface area contributed by atoms with E-state index in [9.17, 15) is 9.00 Å². The van der Waals surface area contributed by atoms with E-state index in [0.29, 0.717) is 5.92 Å². The molecule has 86 valence electrons. The van der Waals surface area contributed by atoms with Gasteiger partial charge in [0, 0.05) is 21.8 Å². The van der Waals surface area contributed by atoms with E-state index >= 15 is 0 Å². The average molecular weight is 238 g/mol. The minimum absolute atomic E-state index is 0.00458. The lowest BCUT2D eigenvalue weighted by molar-refractivity contribution is -0.136. The zero-order valence-electron chi connectivity index (χ0n) is 8.83. The first-order valence-corrected chi connectivity index (χ1v) is 6.70. The summed E-state index contributed by atoms with van der Waals surface area (Å²) in [4.78, 5) is 10.4. The van der Waals surface area contributed by atoms with Gasteiger partial charge in [0.15, 0.2) is 0 Å². The molecule has 2 rings (SSSR count). The van der Waals surface area contributed by atoms with Gasteiger partial charge in [-0.05, 0) is 17.9 Å². The van der Waals surface area contributed by atoms with Gasteiger partial charge in [0.25, 0.3) is 0 Å². The van der Waals surface area contributed by atoms with Crippen molar-refractivity contribution < 1.29 is 14.1 Å². The van der Waals surface area contributed by atoms with Crippen molar-refractivity contribution in [2.75, 3.05) is 5.75 Å². The van der Waals surface area contributed by atoms with E-state index in [0.717, 1.165) is 6.42 Å². The fourth-order valence-electron chi connectivity index (χ4n) is 1.85. The van der Waals surface area contributed by atoms with Crippen LogP contribution < -0.4 is 0 Å². The molecule has 0 amide bonds. The van der Waals surface area contributed by atoms with E-state index in [2.05, 4.69) is 0 Å². The van der Waals surface area contributed by atoms with Gasteiger partial charge >= 0.3 is 5.97 Å². The average Bonchev–Trinajstić information content (AvgIpc) is 3.07. The van der Waals surface area contributed by atoms with Crippen LogP contribution in [0.5, 0.6) is 0 Å². The first kappa shape index (κ1) is 11.3. The number of aliphatic carboxylic acids is 1. The van der Waals surface area contributed by atoms with Crippen molar-refractivity contribution in [3.63, 3.8) is 0 Å². The molecule has 1 N–H and O–H groups in total. The summed E-state index contributed by atoms with van der Waals surface area (Å²) in [6.45, 7) is 0. The normalized spacial score (nSPS) is 25.0. The Morgan fingerprint density at radius 1 is 1.38 bits per heavy atom. The lowest BCUT2D eigenvalue weighted by Crippen LogP contribution is -2.09. The van der Waals surface area contributed by atoms with E-state index in [-0.39, 0.29) is 17.4 Å². The third kappa shape index (κ3) is 2.70. The second-order valence-corrected chi connectivity index (χ2v) is 5.80. The van der Waals surface area contributed by atoms with Crippen molar-refractivity contribution in [2.24, 2.45) is 0 Å². The molecule has 1 fully saturated rings. The largest absolute Gasteiger partial charge is 0.481 e. The highest BCUT2D eigenvalue weighted by molar-refractivity contribution is 7.86. The van der Waals surface area contributed by atoms with Crippen molar-refractivity contribution >= 4 is 16.8 Å². The van der Waals surface area contributed by atoms with Crippen LogP contribution in [0.3, 0.4) is 0 Å². The van der Waals surface area contributed by atoms with Crippen LogP contribution in [0.1, 0.15) is 24.3 Å². The van der Waals surface area contributed by atoms with E-state index in [1.165, 1.54) is 5.56 Å². The molecular formula is C12H14O3S. The van der Waals surface area contributed by atoms with Gasteiger partial charge in [-0.3, -0.25) is 9.00 Å². The second-order valence-electron chi connectivity index (χ2n) is 4.02. The van der Waals surface area contributed by atoms with Crippen molar-refractivity contribution in [2.45, 2.75) is 24.0 Å². The topological polar surface area (TPSA) is 54.4 Å². The Morgan fingerprint density at radius 2 is 2.06 bits per heavy atom. The third-order valence-electron chi connectivity index (χ3n) is 2.81. The molecule has 0 heterocycles. The number of hydrogen-bond acceptors (Lipinski definition) is 2. The highest BCUT2D eigenvalue weighted by atomic mass is 32.2. The maximum Gasteiger partial charge on any atom is 0.304 e. The highest BCUT2D eigenvalue weighted by Crippen LogP contribution is 2.44. The van der Waals surface area contributed by atoms with Gasteiger partial charge < -0.3 is 5.11 Å². The maximum absolute atomic E-state index is 11.7. The van der Waals surface area contributed by atoms with Gasteiger partial charge in [0.1, 0.15) is 0 Å². The minimum Gasteiger partial charge on any atom is -0.481 e. The third-order valence-corrected chi connectivity index (χ3v) is 4.62. The van der Waals surface area contributed by atoms with Crippen LogP contribution in [0.2, 0.25) is 0 Å². The van der Waals surface area contributed by atoms with Crippen LogP contribution in [0.25, 0.3) is 0 Å². The smallest absolute Gasteiger partial charge is 0.304 e. The van der Waals surface area contributed by atoms with Gasteiger partial charge in [-0.1, -0.05) is 30.3 Å². The van der Waals surface area contributed by atoms with Crippen LogP contribution >= 0.6 is 0 Å². The van der Waals surface area contributed by atoms with Crippen molar-refractivity contribution in [3.05, 3.63) is 35.9 Å². The Balaban J connectivity index is 1.87. The first-order chi connectivity index (χ1) is 7.68. The Labute approximate surface area is 96.9 Å². The Morgan fingerprint density at radius 3 is 2.69 bits per heavy atom. The second kappa shape index (κ2) is 4.78. The number of benzene rings is 1. The molecule has 3 atom stereocenters. The highest BCUT2D eigenvalue weighted by Gasteiger charge is 2.42. The fourth-order valence-corrected chi connectivity index (χ4v) is 3.48. The van der Waals surface area contributed by atoms with Crippen LogP contribution in [0, 0.1) is 0 Å². The molecule has 16 heavy (non-hydrogen) atoms. The van der Waals surface area contributed by atoms with Gasteiger partial charge in [-0.25, -0.2) is 0 Å². The molecule has 1 saturated carbocycles. The molecule has 1 aromatic rings. The van der Waals surface area contributed by atoms with Crippen LogP contribution in [0.4, 0.5) is 0 Å².